The number of hydrogen-bond donors (Lipinski definition) is 10. The minimum atomic E-state index is -1.56. The van der Waals surface area contributed by atoms with Gasteiger partial charge in [0.2, 0.25) is 35.4 Å². The number of aliphatic hydroxyl groups excluding tert-OH is 1. The Morgan fingerprint density at radius 1 is 0.705 bits per heavy atom. The van der Waals surface area contributed by atoms with Gasteiger partial charge in [0.1, 0.15) is 30.2 Å². The lowest BCUT2D eigenvalue weighted by Gasteiger charge is -2.28. The maximum absolute atomic E-state index is 13.1. The summed E-state index contributed by atoms with van der Waals surface area (Å²) in [5.41, 5.74) is 10.9. The third-order valence-electron chi connectivity index (χ3n) is 6.64. The highest BCUT2D eigenvalue weighted by atomic mass is 16.4. The second kappa shape index (κ2) is 19.1. The van der Waals surface area contributed by atoms with Gasteiger partial charge in [-0.1, -0.05) is 34.1 Å². The van der Waals surface area contributed by atoms with Gasteiger partial charge in [0, 0.05) is 6.42 Å². The molecule has 0 aliphatic rings. The van der Waals surface area contributed by atoms with Gasteiger partial charge in [0.25, 0.3) is 0 Å². The van der Waals surface area contributed by atoms with E-state index in [1.807, 2.05) is 0 Å². The monoisotopic (exact) mass is 631 g/mol. The quantitative estimate of drug-likeness (QED) is 0.0620. The molecule has 12 N–H and O–H groups in total. The molecule has 0 aliphatic carbocycles. The van der Waals surface area contributed by atoms with Crippen LogP contribution in [0.4, 0.5) is 0 Å². The van der Waals surface area contributed by atoms with Crippen molar-refractivity contribution in [3.63, 3.8) is 0 Å². The normalized spacial score (nSPS) is 15.7. The van der Waals surface area contributed by atoms with E-state index in [2.05, 4.69) is 26.6 Å². The van der Waals surface area contributed by atoms with Crippen LogP contribution in [-0.4, -0.2) is 106 Å². The van der Waals surface area contributed by atoms with Crippen molar-refractivity contribution in [1.29, 1.82) is 0 Å². The van der Waals surface area contributed by atoms with Gasteiger partial charge in [0.15, 0.2) is 0 Å². The van der Waals surface area contributed by atoms with E-state index in [0.29, 0.717) is 6.42 Å². The summed E-state index contributed by atoms with van der Waals surface area (Å²) >= 11 is 0. The molecular weight excluding hydrogens is 586 g/mol. The second-order valence-corrected chi connectivity index (χ2v) is 10.7. The van der Waals surface area contributed by atoms with Crippen molar-refractivity contribution in [3.8, 4) is 0 Å². The summed E-state index contributed by atoms with van der Waals surface area (Å²) in [5.74, 6) is -9.12. The van der Waals surface area contributed by atoms with E-state index in [9.17, 15) is 48.6 Å². The van der Waals surface area contributed by atoms with Gasteiger partial charge in [0.05, 0.1) is 19.1 Å². The van der Waals surface area contributed by atoms with Crippen LogP contribution in [0.25, 0.3) is 0 Å². The molecule has 0 radical (unpaired) electrons. The second-order valence-electron chi connectivity index (χ2n) is 10.7. The number of hydrogen-bond acceptors (Lipinski definition) is 10. The molecule has 0 aromatic carbocycles. The predicted octanol–water partition coefficient (Wildman–Crippen LogP) is -3.72. The summed E-state index contributed by atoms with van der Waals surface area (Å²) in [4.78, 5) is 97.5. The van der Waals surface area contributed by atoms with Crippen LogP contribution in [-0.2, 0) is 38.4 Å². The van der Waals surface area contributed by atoms with Crippen LogP contribution in [0.15, 0.2) is 0 Å². The first-order valence-corrected chi connectivity index (χ1v) is 14.0. The van der Waals surface area contributed by atoms with Gasteiger partial charge in [-0.05, 0) is 25.2 Å². The Morgan fingerprint density at radius 2 is 1.23 bits per heavy atom. The molecule has 0 unspecified atom stereocenters. The molecule has 250 valence electrons. The van der Waals surface area contributed by atoms with Gasteiger partial charge in [-0.3, -0.25) is 33.6 Å². The van der Waals surface area contributed by atoms with Crippen LogP contribution in [0.3, 0.4) is 0 Å². The zero-order valence-corrected chi connectivity index (χ0v) is 25.4. The van der Waals surface area contributed by atoms with Crippen LogP contribution in [0, 0.1) is 11.8 Å². The number of aliphatic carboxylic acids is 2. The Labute approximate surface area is 254 Å². The fraction of sp³-hybridized carbons (Fsp3) is 0.692. The minimum Gasteiger partial charge on any atom is -0.481 e. The number of primary amides is 1. The molecule has 18 heteroatoms. The summed E-state index contributed by atoms with van der Waals surface area (Å²) in [7, 11) is 0. The van der Waals surface area contributed by atoms with Crippen molar-refractivity contribution in [2.45, 2.75) is 96.6 Å². The number of carbonyl (C=O) groups excluding carboxylic acids is 6. The minimum absolute atomic E-state index is 0.249. The highest BCUT2D eigenvalue weighted by Crippen LogP contribution is 2.10. The molecule has 18 nitrogen and oxygen atoms in total. The number of carboxylic acid groups (broad SMARTS) is 2. The average molecular weight is 632 g/mol. The number of nitrogens with two attached hydrogens (primary N) is 2. The van der Waals surface area contributed by atoms with E-state index in [1.54, 1.807) is 27.7 Å². The van der Waals surface area contributed by atoms with Gasteiger partial charge in [-0.2, -0.15) is 0 Å². The largest absolute Gasteiger partial charge is 0.481 e. The van der Waals surface area contributed by atoms with Crippen LogP contribution in [0.5, 0.6) is 0 Å². The van der Waals surface area contributed by atoms with Crippen LogP contribution < -0.4 is 38.1 Å². The lowest BCUT2D eigenvalue weighted by atomic mass is 9.97. The van der Waals surface area contributed by atoms with E-state index in [1.165, 1.54) is 6.92 Å². The fourth-order valence-corrected chi connectivity index (χ4v) is 3.68. The smallest absolute Gasteiger partial charge is 0.326 e. The van der Waals surface area contributed by atoms with Crippen LogP contribution >= 0.6 is 0 Å². The molecule has 0 heterocycles. The number of amides is 6. The highest BCUT2D eigenvalue weighted by molar-refractivity contribution is 5.97. The van der Waals surface area contributed by atoms with Crippen molar-refractivity contribution in [3.05, 3.63) is 0 Å². The van der Waals surface area contributed by atoms with Gasteiger partial charge < -0.3 is 53.4 Å². The molecule has 0 aromatic heterocycles. The van der Waals surface area contributed by atoms with Gasteiger partial charge >= 0.3 is 11.9 Å². The summed E-state index contributed by atoms with van der Waals surface area (Å²) in [6.07, 6.45) is -0.978. The summed E-state index contributed by atoms with van der Waals surface area (Å²) in [6, 6.07) is -8.27. The Kier molecular flexibility index (Phi) is 17.2. The van der Waals surface area contributed by atoms with E-state index in [4.69, 9.17) is 16.6 Å². The predicted molar refractivity (Wildman–Crippen MR) is 153 cm³/mol. The zero-order chi connectivity index (χ0) is 34.3. The third-order valence-corrected chi connectivity index (χ3v) is 6.64. The van der Waals surface area contributed by atoms with Crippen molar-refractivity contribution in [1.82, 2.24) is 26.6 Å². The van der Waals surface area contributed by atoms with Crippen molar-refractivity contribution in [2.75, 3.05) is 6.61 Å². The molecule has 7 atom stereocenters. The number of carboxylic acids is 2. The summed E-state index contributed by atoms with van der Waals surface area (Å²) in [6.45, 7) is 6.81. The van der Waals surface area contributed by atoms with E-state index in [-0.39, 0.29) is 6.42 Å². The number of nitrogens with one attached hydrogen (secondary N) is 5. The highest BCUT2D eigenvalue weighted by Gasteiger charge is 2.34. The number of aliphatic hydroxyl groups is 1. The SMILES string of the molecule is CC[C@H](C)[C@H](NC(=O)[C@H](CC(N)=O)NC(=O)[C@@H](N)CCC(=O)O)C(=O)N[C@@H](C)C(=O)N[C@@H](CO)C(=O)N[C@H](C(=O)O)C(C)C. The first-order chi connectivity index (χ1) is 20.4. The van der Waals surface area contributed by atoms with E-state index < -0.39 is 115 Å². The third kappa shape index (κ3) is 13.8. The average Bonchev–Trinajstić information content (AvgIpc) is 2.93. The Hall–Kier alpha value is -4.32. The maximum Gasteiger partial charge on any atom is 0.326 e. The molecule has 0 bridgehead atoms. The standard InChI is InChI=1S/C26H45N7O11/c1-6-12(4)20(33-23(40)15(9-17(28)35)30-22(39)14(27)7-8-18(36)37)25(42)29-13(5)21(38)31-16(10-34)24(41)32-19(11(2)3)26(43)44/h11-16,19-20,34H,6-10,27H2,1-5H3,(H2,28,35)(H,29,42)(H,30,39)(H,31,38)(H,32,41)(H,33,40)(H,36,37)(H,43,44)/t12-,13-,14-,15-,16-,19-,20-/m0/s1. The molecule has 0 rings (SSSR count). The molecule has 0 saturated heterocycles. The van der Waals surface area contributed by atoms with Crippen molar-refractivity contribution < 1.29 is 53.7 Å². The molecule has 0 aliphatic heterocycles. The Balaban J connectivity index is 5.61. The molecular formula is C26H45N7O11. The zero-order valence-electron chi connectivity index (χ0n) is 25.4. The Morgan fingerprint density at radius 3 is 1.68 bits per heavy atom. The van der Waals surface area contributed by atoms with Gasteiger partial charge in [-0.15, -0.1) is 0 Å². The first kappa shape index (κ1) is 39.7. The van der Waals surface area contributed by atoms with Crippen LogP contribution in [0.1, 0.15) is 60.3 Å². The summed E-state index contributed by atoms with van der Waals surface area (Å²) in [5, 5.41) is 39.1. The van der Waals surface area contributed by atoms with E-state index in [0.717, 1.165) is 0 Å². The Bertz CT molecular complexity index is 1070. The van der Waals surface area contributed by atoms with E-state index >= 15 is 0 Å². The molecule has 0 aromatic rings. The molecule has 0 saturated carbocycles. The summed E-state index contributed by atoms with van der Waals surface area (Å²) < 4.78 is 0. The molecule has 6 amide bonds. The number of rotatable bonds is 20. The van der Waals surface area contributed by atoms with Gasteiger partial charge in [-0.25, -0.2) is 4.79 Å². The first-order valence-electron chi connectivity index (χ1n) is 14.0. The molecule has 44 heavy (non-hydrogen) atoms. The topological polar surface area (TPSA) is 309 Å². The van der Waals surface area contributed by atoms with Crippen molar-refractivity contribution in [2.24, 2.45) is 23.3 Å². The molecule has 0 spiro atoms. The maximum atomic E-state index is 13.1. The molecule has 0 fully saturated rings. The number of carbonyl (C=O) groups is 8. The fourth-order valence-electron chi connectivity index (χ4n) is 3.68. The lowest BCUT2D eigenvalue weighted by molar-refractivity contribution is -0.144. The van der Waals surface area contributed by atoms with Crippen molar-refractivity contribution >= 4 is 47.4 Å². The lowest BCUT2D eigenvalue weighted by Crippen LogP contribution is -2.60. The van der Waals surface area contributed by atoms with Crippen LogP contribution in [0.2, 0.25) is 0 Å².